The van der Waals surface area contributed by atoms with E-state index in [0.29, 0.717) is 19.4 Å². The summed E-state index contributed by atoms with van der Waals surface area (Å²) in [5.41, 5.74) is 5.77. The maximum absolute atomic E-state index is 12.2. The molecular formula is C35H36N2O6S. The van der Waals surface area contributed by atoms with Crippen LogP contribution in [0.3, 0.4) is 0 Å². The molecule has 9 heteroatoms. The van der Waals surface area contributed by atoms with Gasteiger partial charge in [0.05, 0.1) is 23.8 Å². The molecule has 228 valence electrons. The quantitative estimate of drug-likeness (QED) is 0.148. The Morgan fingerprint density at radius 3 is 2.36 bits per heavy atom. The Morgan fingerprint density at radius 1 is 0.886 bits per heavy atom. The highest BCUT2D eigenvalue weighted by Crippen LogP contribution is 2.40. The summed E-state index contributed by atoms with van der Waals surface area (Å²) in [7, 11) is 0. The summed E-state index contributed by atoms with van der Waals surface area (Å²) in [5.74, 6) is -0.337. The van der Waals surface area contributed by atoms with E-state index < -0.39 is 12.3 Å². The van der Waals surface area contributed by atoms with Gasteiger partial charge < -0.3 is 25.0 Å². The Kier molecular flexibility index (Phi) is 11.2. The number of thioether (sulfide) groups is 1. The Labute approximate surface area is 261 Å². The molecule has 1 aliphatic heterocycles. The molecule has 3 aromatic carbocycles. The first-order valence-corrected chi connectivity index (χ1v) is 15.7. The number of carboxylic acid groups (broad SMARTS) is 1. The van der Waals surface area contributed by atoms with E-state index in [9.17, 15) is 14.7 Å². The molecular weight excluding hydrogens is 576 g/mol. The summed E-state index contributed by atoms with van der Waals surface area (Å²) in [4.78, 5) is 27.4. The van der Waals surface area contributed by atoms with Crippen LogP contribution < -0.4 is 5.32 Å². The van der Waals surface area contributed by atoms with E-state index in [4.69, 9.17) is 14.6 Å². The number of nitrogens with one attached hydrogen (secondary N) is 1. The maximum atomic E-state index is 12.2. The van der Waals surface area contributed by atoms with E-state index in [2.05, 4.69) is 10.3 Å². The van der Waals surface area contributed by atoms with Gasteiger partial charge in [-0.05, 0) is 46.4 Å². The molecule has 1 saturated heterocycles. The topological polar surface area (TPSA) is 118 Å². The van der Waals surface area contributed by atoms with Crippen molar-refractivity contribution in [1.29, 1.82) is 0 Å². The van der Waals surface area contributed by atoms with Crippen molar-refractivity contribution in [2.24, 2.45) is 0 Å². The lowest BCUT2D eigenvalue weighted by atomic mass is 9.97. The molecule has 44 heavy (non-hydrogen) atoms. The van der Waals surface area contributed by atoms with Crippen LogP contribution in [0, 0.1) is 0 Å². The number of carbonyl (C=O) groups excluding carboxylic acids is 1. The van der Waals surface area contributed by atoms with Gasteiger partial charge in [-0.3, -0.25) is 9.59 Å². The van der Waals surface area contributed by atoms with Gasteiger partial charge in [-0.25, -0.2) is 4.98 Å². The third kappa shape index (κ3) is 8.76. The number of aromatic nitrogens is 1. The SMILES string of the molecule is O=C(O)CCCC(=O)NCc1ccccc1-c1ccc([C@H]2O[C@@H](CSc3ccccn3)C[C@@H](c3ccc(CO)cc3)O2)cc1. The second-order valence-corrected chi connectivity index (χ2v) is 11.7. The van der Waals surface area contributed by atoms with Gasteiger partial charge in [0.2, 0.25) is 5.91 Å². The zero-order chi connectivity index (χ0) is 30.7. The monoisotopic (exact) mass is 612 g/mol. The highest BCUT2D eigenvalue weighted by molar-refractivity contribution is 7.99. The van der Waals surface area contributed by atoms with E-state index in [-0.39, 0.29) is 37.6 Å². The number of benzene rings is 3. The van der Waals surface area contributed by atoms with Gasteiger partial charge in [0, 0.05) is 43.3 Å². The number of carbonyl (C=O) groups is 2. The zero-order valence-corrected chi connectivity index (χ0v) is 25.1. The molecule has 0 saturated carbocycles. The minimum Gasteiger partial charge on any atom is -0.481 e. The molecule has 1 aromatic heterocycles. The van der Waals surface area contributed by atoms with E-state index in [1.54, 1.807) is 18.0 Å². The van der Waals surface area contributed by atoms with E-state index in [0.717, 1.165) is 44.2 Å². The fourth-order valence-electron chi connectivity index (χ4n) is 5.09. The van der Waals surface area contributed by atoms with Gasteiger partial charge in [-0.1, -0.05) is 78.9 Å². The standard InChI is InChI=1S/C35H36N2O6S/c38-22-24-11-13-26(14-12-24)31-20-29(23-44-33-9-3-4-19-36-33)42-35(43-31)27-17-15-25(16-18-27)30-7-2-1-6-28(30)21-37-32(39)8-5-10-34(40)41/h1-4,6-7,9,11-19,29,31,35,38H,5,8,10,20-23H2,(H,37,39)(H,40,41)/t29-,31+,35+/m1/s1. The third-order valence-corrected chi connectivity index (χ3v) is 8.53. The van der Waals surface area contributed by atoms with Crippen LogP contribution in [0.5, 0.6) is 0 Å². The first kappa shape index (κ1) is 31.4. The number of aliphatic hydroxyl groups is 1. The van der Waals surface area contributed by atoms with Crippen molar-refractivity contribution in [3.63, 3.8) is 0 Å². The van der Waals surface area contributed by atoms with Gasteiger partial charge in [0.15, 0.2) is 6.29 Å². The van der Waals surface area contributed by atoms with E-state index >= 15 is 0 Å². The fraction of sp³-hybridized carbons (Fsp3) is 0.286. The molecule has 3 atom stereocenters. The zero-order valence-electron chi connectivity index (χ0n) is 24.3. The molecule has 0 unspecified atom stereocenters. The Morgan fingerprint density at radius 2 is 1.64 bits per heavy atom. The van der Waals surface area contributed by atoms with Crippen molar-refractivity contribution in [3.8, 4) is 11.1 Å². The Hall–Kier alpha value is -4.02. The minimum absolute atomic E-state index is 0.00444. The first-order chi connectivity index (χ1) is 21.5. The highest BCUT2D eigenvalue weighted by Gasteiger charge is 2.32. The third-order valence-electron chi connectivity index (χ3n) is 7.45. The van der Waals surface area contributed by atoms with Gasteiger partial charge >= 0.3 is 5.97 Å². The molecule has 1 amide bonds. The van der Waals surface area contributed by atoms with Crippen molar-refractivity contribution in [2.75, 3.05) is 5.75 Å². The normalized spacial score (nSPS) is 18.1. The molecule has 0 bridgehead atoms. The smallest absolute Gasteiger partial charge is 0.303 e. The van der Waals surface area contributed by atoms with Crippen molar-refractivity contribution in [2.45, 2.75) is 62.4 Å². The molecule has 0 radical (unpaired) electrons. The minimum atomic E-state index is -0.901. The van der Waals surface area contributed by atoms with Crippen LogP contribution >= 0.6 is 11.8 Å². The number of aliphatic carboxylic acids is 1. The summed E-state index contributed by atoms with van der Waals surface area (Å²) < 4.78 is 13.0. The lowest BCUT2D eigenvalue weighted by molar-refractivity contribution is -0.245. The summed E-state index contributed by atoms with van der Waals surface area (Å²) in [6, 6.07) is 29.7. The molecule has 8 nitrogen and oxygen atoms in total. The second-order valence-electron chi connectivity index (χ2n) is 10.6. The van der Waals surface area contributed by atoms with Crippen molar-refractivity contribution in [3.05, 3.63) is 119 Å². The summed E-state index contributed by atoms with van der Waals surface area (Å²) in [6.45, 7) is 0.348. The molecule has 2 heterocycles. The molecule has 0 spiro atoms. The predicted molar refractivity (Wildman–Crippen MR) is 169 cm³/mol. The molecule has 1 aliphatic rings. The predicted octanol–water partition coefficient (Wildman–Crippen LogP) is 6.45. The van der Waals surface area contributed by atoms with Crippen molar-refractivity contribution in [1.82, 2.24) is 10.3 Å². The number of ether oxygens (including phenoxy) is 2. The van der Waals surface area contributed by atoms with Crippen LogP contribution in [-0.4, -0.2) is 38.9 Å². The van der Waals surface area contributed by atoms with Gasteiger partial charge in [0.25, 0.3) is 0 Å². The second kappa shape index (κ2) is 15.6. The average molecular weight is 613 g/mol. The number of pyridine rings is 1. The van der Waals surface area contributed by atoms with E-state index in [1.165, 1.54) is 0 Å². The number of amides is 1. The van der Waals surface area contributed by atoms with Crippen LogP contribution in [0.25, 0.3) is 11.1 Å². The van der Waals surface area contributed by atoms with E-state index in [1.807, 2.05) is 91.0 Å². The molecule has 1 fully saturated rings. The molecule has 3 N–H and O–H groups in total. The summed E-state index contributed by atoms with van der Waals surface area (Å²) >= 11 is 1.66. The van der Waals surface area contributed by atoms with Gasteiger partial charge in [-0.15, -0.1) is 11.8 Å². The summed E-state index contributed by atoms with van der Waals surface area (Å²) in [6.07, 6.45) is 2.16. The fourth-order valence-corrected chi connectivity index (χ4v) is 5.97. The summed E-state index contributed by atoms with van der Waals surface area (Å²) in [5, 5.41) is 22.1. The van der Waals surface area contributed by atoms with Crippen LogP contribution in [0.4, 0.5) is 0 Å². The highest BCUT2D eigenvalue weighted by atomic mass is 32.2. The van der Waals surface area contributed by atoms with Crippen molar-refractivity contribution >= 4 is 23.6 Å². The number of aliphatic hydroxyl groups excluding tert-OH is 1. The maximum Gasteiger partial charge on any atom is 0.303 e. The van der Waals surface area contributed by atoms with Gasteiger partial charge in [0.1, 0.15) is 0 Å². The first-order valence-electron chi connectivity index (χ1n) is 14.7. The number of hydrogen-bond acceptors (Lipinski definition) is 7. The number of hydrogen-bond donors (Lipinski definition) is 3. The molecule has 5 rings (SSSR count). The number of carboxylic acids is 1. The number of nitrogens with zero attached hydrogens (tertiary/aromatic N) is 1. The number of rotatable bonds is 13. The lowest BCUT2D eigenvalue weighted by Crippen LogP contribution is -2.31. The van der Waals surface area contributed by atoms with Crippen LogP contribution in [0.1, 0.15) is 60.3 Å². The van der Waals surface area contributed by atoms with Crippen LogP contribution in [0.2, 0.25) is 0 Å². The van der Waals surface area contributed by atoms with Crippen molar-refractivity contribution < 1.29 is 29.3 Å². The molecule has 0 aliphatic carbocycles. The van der Waals surface area contributed by atoms with Crippen LogP contribution in [0.15, 0.2) is 102 Å². The average Bonchev–Trinajstić information content (AvgIpc) is 3.07. The Bertz CT molecular complexity index is 1510. The van der Waals surface area contributed by atoms with Gasteiger partial charge in [-0.2, -0.15) is 0 Å². The largest absolute Gasteiger partial charge is 0.481 e. The lowest BCUT2D eigenvalue weighted by Gasteiger charge is -2.36. The molecule has 4 aromatic rings. The Balaban J connectivity index is 1.29. The van der Waals surface area contributed by atoms with Crippen LogP contribution in [-0.2, 0) is 32.2 Å².